The topological polar surface area (TPSA) is 127 Å². The molecule has 0 spiro atoms. The molecule has 0 unspecified atom stereocenters. The average molecular weight is 300 g/mol. The number of hydrogen-bond acceptors (Lipinski definition) is 4. The summed E-state index contributed by atoms with van der Waals surface area (Å²) in [4.78, 5) is 21.6. The zero-order valence-electron chi connectivity index (χ0n) is 11.6. The van der Waals surface area contributed by atoms with E-state index in [2.05, 4.69) is 0 Å². The Morgan fingerprint density at radius 1 is 0.682 bits per heavy atom. The Morgan fingerprint density at radius 3 is 1.18 bits per heavy atom. The van der Waals surface area contributed by atoms with Crippen molar-refractivity contribution in [3.8, 4) is 0 Å². The number of benzene rings is 2. The van der Waals surface area contributed by atoms with E-state index in [-0.39, 0.29) is 11.1 Å². The summed E-state index contributed by atoms with van der Waals surface area (Å²) in [5.74, 6) is -2.01. The molecule has 0 radical (unpaired) electrons. The first-order valence-electron chi connectivity index (χ1n) is 6.58. The predicted molar refractivity (Wildman–Crippen MR) is 80.7 cm³/mol. The molecule has 2 aromatic rings. The summed E-state index contributed by atoms with van der Waals surface area (Å²) in [6.45, 7) is 0. The molecule has 0 saturated heterocycles. The van der Waals surface area contributed by atoms with Crippen molar-refractivity contribution in [1.82, 2.24) is 0 Å². The van der Waals surface area contributed by atoms with Gasteiger partial charge in [0.2, 0.25) is 0 Å². The van der Waals surface area contributed by atoms with E-state index in [1.54, 1.807) is 24.3 Å². The standard InChI is InChI=1S/C16H16N2O4/c17-13(9-1-5-11(6-2-9)15(19)20)14(18)10-3-7-12(8-4-10)16(21)22/h1-8,13-14H,17-18H2,(H,19,20)(H,21,22)/t13-,14-/m0/s1. The second kappa shape index (κ2) is 6.38. The van der Waals surface area contributed by atoms with E-state index in [1.165, 1.54) is 24.3 Å². The van der Waals surface area contributed by atoms with E-state index in [4.69, 9.17) is 21.7 Å². The first-order valence-corrected chi connectivity index (χ1v) is 6.58. The lowest BCUT2D eigenvalue weighted by atomic mass is 9.94. The molecule has 0 bridgehead atoms. The Bertz CT molecular complexity index is 619. The third-order valence-electron chi connectivity index (χ3n) is 3.47. The van der Waals surface area contributed by atoms with Gasteiger partial charge in [0.1, 0.15) is 0 Å². The minimum atomic E-state index is -1.01. The first kappa shape index (κ1) is 15.7. The van der Waals surface area contributed by atoms with E-state index in [1.807, 2.05) is 0 Å². The maximum atomic E-state index is 10.8. The number of aromatic carboxylic acids is 2. The highest BCUT2D eigenvalue weighted by atomic mass is 16.4. The lowest BCUT2D eigenvalue weighted by Gasteiger charge is -2.21. The molecule has 22 heavy (non-hydrogen) atoms. The van der Waals surface area contributed by atoms with Gasteiger partial charge < -0.3 is 21.7 Å². The van der Waals surface area contributed by atoms with E-state index < -0.39 is 24.0 Å². The Balaban J connectivity index is 2.18. The summed E-state index contributed by atoms with van der Waals surface area (Å²) in [7, 11) is 0. The van der Waals surface area contributed by atoms with Gasteiger partial charge in [-0.25, -0.2) is 9.59 Å². The second-order valence-corrected chi connectivity index (χ2v) is 4.91. The smallest absolute Gasteiger partial charge is 0.335 e. The molecule has 0 heterocycles. The van der Waals surface area contributed by atoms with Crippen molar-refractivity contribution in [3.63, 3.8) is 0 Å². The molecule has 2 atom stereocenters. The van der Waals surface area contributed by atoms with Crippen LogP contribution in [-0.2, 0) is 0 Å². The van der Waals surface area contributed by atoms with Crippen LogP contribution in [0.3, 0.4) is 0 Å². The van der Waals surface area contributed by atoms with Crippen LogP contribution in [0.4, 0.5) is 0 Å². The maximum absolute atomic E-state index is 10.8. The highest BCUT2D eigenvalue weighted by Gasteiger charge is 2.18. The molecule has 0 aliphatic carbocycles. The van der Waals surface area contributed by atoms with Crippen molar-refractivity contribution in [3.05, 3.63) is 70.8 Å². The first-order chi connectivity index (χ1) is 10.4. The minimum Gasteiger partial charge on any atom is -0.478 e. The van der Waals surface area contributed by atoms with Crippen LogP contribution < -0.4 is 11.5 Å². The van der Waals surface area contributed by atoms with Crippen molar-refractivity contribution in [2.24, 2.45) is 11.5 Å². The molecule has 114 valence electrons. The van der Waals surface area contributed by atoms with Gasteiger partial charge in [0, 0.05) is 12.1 Å². The van der Waals surface area contributed by atoms with Gasteiger partial charge in [0.05, 0.1) is 11.1 Å². The van der Waals surface area contributed by atoms with E-state index in [9.17, 15) is 9.59 Å². The van der Waals surface area contributed by atoms with Gasteiger partial charge in [-0.1, -0.05) is 24.3 Å². The molecule has 0 amide bonds. The molecular weight excluding hydrogens is 284 g/mol. The summed E-state index contributed by atoms with van der Waals surface area (Å²) in [5, 5.41) is 17.7. The number of nitrogens with two attached hydrogens (primary N) is 2. The van der Waals surface area contributed by atoms with Gasteiger partial charge in [-0.2, -0.15) is 0 Å². The molecule has 6 heteroatoms. The minimum absolute atomic E-state index is 0.176. The van der Waals surface area contributed by atoms with Crippen LogP contribution in [0.15, 0.2) is 48.5 Å². The summed E-state index contributed by atoms with van der Waals surface area (Å²) in [6, 6.07) is 11.3. The summed E-state index contributed by atoms with van der Waals surface area (Å²) in [5.41, 5.74) is 14.0. The molecule has 0 aromatic heterocycles. The zero-order chi connectivity index (χ0) is 16.3. The number of carbonyl (C=O) groups is 2. The maximum Gasteiger partial charge on any atom is 0.335 e. The summed E-state index contributed by atoms with van der Waals surface area (Å²) < 4.78 is 0. The fraction of sp³-hybridized carbons (Fsp3) is 0.125. The van der Waals surface area contributed by atoms with Gasteiger partial charge in [0.25, 0.3) is 0 Å². The molecule has 0 saturated carbocycles. The van der Waals surface area contributed by atoms with Crippen LogP contribution >= 0.6 is 0 Å². The number of rotatable bonds is 5. The quantitative estimate of drug-likeness (QED) is 0.666. The molecule has 6 N–H and O–H groups in total. The van der Waals surface area contributed by atoms with Crippen molar-refractivity contribution in [1.29, 1.82) is 0 Å². The lowest BCUT2D eigenvalue weighted by molar-refractivity contribution is 0.0686. The third-order valence-corrected chi connectivity index (χ3v) is 3.47. The average Bonchev–Trinajstić information content (AvgIpc) is 2.53. The van der Waals surface area contributed by atoms with Gasteiger partial charge >= 0.3 is 11.9 Å². The fourth-order valence-electron chi connectivity index (χ4n) is 2.11. The molecule has 0 fully saturated rings. The van der Waals surface area contributed by atoms with Crippen molar-refractivity contribution in [2.45, 2.75) is 12.1 Å². The molecule has 2 rings (SSSR count). The van der Waals surface area contributed by atoms with E-state index in [0.29, 0.717) is 11.1 Å². The molecular formula is C16H16N2O4. The van der Waals surface area contributed by atoms with Crippen LogP contribution in [0.25, 0.3) is 0 Å². The Kier molecular flexibility index (Phi) is 4.55. The second-order valence-electron chi connectivity index (χ2n) is 4.91. The molecule has 6 nitrogen and oxygen atoms in total. The molecule has 0 aliphatic heterocycles. The predicted octanol–water partition coefficient (Wildman–Crippen LogP) is 1.78. The van der Waals surface area contributed by atoms with E-state index >= 15 is 0 Å². The normalized spacial score (nSPS) is 13.4. The highest BCUT2D eigenvalue weighted by Crippen LogP contribution is 2.25. The number of hydrogen-bond donors (Lipinski definition) is 4. The van der Waals surface area contributed by atoms with Crippen LogP contribution in [0.2, 0.25) is 0 Å². The highest BCUT2D eigenvalue weighted by molar-refractivity contribution is 5.88. The van der Waals surface area contributed by atoms with Crippen molar-refractivity contribution < 1.29 is 19.8 Å². The van der Waals surface area contributed by atoms with Crippen molar-refractivity contribution >= 4 is 11.9 Å². The van der Waals surface area contributed by atoms with Crippen molar-refractivity contribution in [2.75, 3.05) is 0 Å². The lowest BCUT2D eigenvalue weighted by Crippen LogP contribution is -2.26. The Labute approximate surface area is 127 Å². The van der Waals surface area contributed by atoms with Gasteiger partial charge in [-0.05, 0) is 35.4 Å². The summed E-state index contributed by atoms with van der Waals surface area (Å²) >= 11 is 0. The van der Waals surface area contributed by atoms with Crippen LogP contribution in [0.1, 0.15) is 43.9 Å². The molecule has 2 aromatic carbocycles. The van der Waals surface area contributed by atoms with Gasteiger partial charge in [-0.3, -0.25) is 0 Å². The van der Waals surface area contributed by atoms with Crippen LogP contribution in [0.5, 0.6) is 0 Å². The summed E-state index contributed by atoms with van der Waals surface area (Å²) in [6.07, 6.45) is 0. The number of carboxylic acid groups (broad SMARTS) is 2. The monoisotopic (exact) mass is 300 g/mol. The third kappa shape index (κ3) is 3.30. The number of carboxylic acids is 2. The largest absolute Gasteiger partial charge is 0.478 e. The molecule has 0 aliphatic rings. The van der Waals surface area contributed by atoms with Crippen LogP contribution in [0, 0.1) is 0 Å². The fourth-order valence-corrected chi connectivity index (χ4v) is 2.11. The van der Waals surface area contributed by atoms with Crippen LogP contribution in [-0.4, -0.2) is 22.2 Å². The van der Waals surface area contributed by atoms with E-state index in [0.717, 1.165) is 0 Å². The zero-order valence-corrected chi connectivity index (χ0v) is 11.6. The van der Waals surface area contributed by atoms with Gasteiger partial charge in [-0.15, -0.1) is 0 Å². The van der Waals surface area contributed by atoms with Gasteiger partial charge in [0.15, 0.2) is 0 Å². The Hall–Kier alpha value is -2.70. The SMILES string of the molecule is N[C@@H](c1ccc(C(=O)O)cc1)[C@@H](N)c1ccc(C(=O)O)cc1. The Morgan fingerprint density at radius 2 is 0.955 bits per heavy atom.